The largest absolute Gasteiger partial charge is 0.389 e. The van der Waals surface area contributed by atoms with Gasteiger partial charge in [0, 0.05) is 13.1 Å². The molecule has 1 aromatic heterocycles. The second-order valence-electron chi connectivity index (χ2n) is 4.68. The molecule has 0 aliphatic heterocycles. The topological polar surface area (TPSA) is 126 Å². The van der Waals surface area contributed by atoms with Crippen molar-refractivity contribution in [1.82, 2.24) is 15.1 Å². The molecule has 9 nitrogen and oxygen atoms in total. The van der Waals surface area contributed by atoms with Crippen molar-refractivity contribution in [2.24, 2.45) is 0 Å². The molecule has 124 valence electrons. The first-order chi connectivity index (χ1) is 11.5. The SMILES string of the molecule is N#Cc1c(F)cccc1NCCNC(=O)Cn1ccc([N+](=O)[O-])n1. The fourth-order valence-corrected chi connectivity index (χ4v) is 1.92. The molecule has 0 unspecified atom stereocenters. The lowest BCUT2D eigenvalue weighted by molar-refractivity contribution is -0.389. The Labute approximate surface area is 135 Å². The van der Waals surface area contributed by atoms with Gasteiger partial charge in [-0.2, -0.15) is 9.94 Å². The Bertz CT molecular complexity index is 798. The summed E-state index contributed by atoms with van der Waals surface area (Å²) in [5.74, 6) is -1.33. The Morgan fingerprint density at radius 1 is 1.42 bits per heavy atom. The van der Waals surface area contributed by atoms with Crippen LogP contribution >= 0.6 is 0 Å². The van der Waals surface area contributed by atoms with Crippen LogP contribution < -0.4 is 10.6 Å². The third-order valence-corrected chi connectivity index (χ3v) is 3.01. The van der Waals surface area contributed by atoms with Crippen molar-refractivity contribution in [2.45, 2.75) is 6.54 Å². The molecule has 0 spiro atoms. The highest BCUT2D eigenvalue weighted by atomic mass is 19.1. The van der Waals surface area contributed by atoms with E-state index < -0.39 is 10.7 Å². The molecule has 10 heteroatoms. The Morgan fingerprint density at radius 3 is 2.88 bits per heavy atom. The zero-order chi connectivity index (χ0) is 17.5. The number of amides is 1. The fraction of sp³-hybridized carbons (Fsp3) is 0.214. The first-order valence-corrected chi connectivity index (χ1v) is 6.88. The molecule has 1 amide bonds. The third kappa shape index (κ3) is 4.26. The summed E-state index contributed by atoms with van der Waals surface area (Å²) in [6.07, 6.45) is 1.34. The molecule has 1 aromatic carbocycles. The molecule has 0 radical (unpaired) electrons. The Hall–Kier alpha value is -3.48. The quantitative estimate of drug-likeness (QED) is 0.443. The van der Waals surface area contributed by atoms with Crippen LogP contribution in [-0.4, -0.2) is 33.7 Å². The number of nitro groups is 1. The van der Waals surface area contributed by atoms with Crippen LogP contribution in [0.3, 0.4) is 0 Å². The summed E-state index contributed by atoms with van der Waals surface area (Å²) in [6.45, 7) is 0.351. The van der Waals surface area contributed by atoms with Gasteiger partial charge in [0.05, 0.1) is 23.0 Å². The molecule has 1 heterocycles. The van der Waals surface area contributed by atoms with Gasteiger partial charge in [-0.25, -0.2) is 4.39 Å². The van der Waals surface area contributed by atoms with Gasteiger partial charge in [0.25, 0.3) is 0 Å². The number of nitrogens with one attached hydrogen (secondary N) is 2. The number of benzene rings is 1. The van der Waals surface area contributed by atoms with E-state index in [1.54, 1.807) is 12.1 Å². The molecule has 2 N–H and O–H groups in total. The molecule has 0 saturated heterocycles. The van der Waals surface area contributed by atoms with Gasteiger partial charge in [0.2, 0.25) is 5.91 Å². The van der Waals surface area contributed by atoms with E-state index in [9.17, 15) is 19.3 Å². The van der Waals surface area contributed by atoms with Crippen LogP contribution in [0.1, 0.15) is 5.56 Å². The van der Waals surface area contributed by atoms with Gasteiger partial charge in [-0.3, -0.25) is 4.79 Å². The molecule has 0 atom stereocenters. The predicted molar refractivity (Wildman–Crippen MR) is 81.5 cm³/mol. The van der Waals surface area contributed by atoms with E-state index in [0.29, 0.717) is 5.69 Å². The molecule has 24 heavy (non-hydrogen) atoms. The van der Waals surface area contributed by atoms with Crippen LogP contribution in [0.15, 0.2) is 30.5 Å². The minimum atomic E-state index is -0.649. The zero-order valence-corrected chi connectivity index (χ0v) is 12.4. The van der Waals surface area contributed by atoms with E-state index in [4.69, 9.17) is 5.26 Å². The highest BCUT2D eigenvalue weighted by Crippen LogP contribution is 2.17. The van der Waals surface area contributed by atoms with Crippen molar-refractivity contribution in [1.29, 1.82) is 5.26 Å². The molecule has 2 aromatic rings. The molecule has 0 bridgehead atoms. The van der Waals surface area contributed by atoms with Crippen molar-refractivity contribution < 1.29 is 14.1 Å². The second kappa shape index (κ2) is 7.68. The van der Waals surface area contributed by atoms with Crippen molar-refractivity contribution >= 4 is 17.4 Å². The number of halogens is 1. The second-order valence-corrected chi connectivity index (χ2v) is 4.68. The average Bonchev–Trinajstić information content (AvgIpc) is 3.00. The van der Waals surface area contributed by atoms with Crippen LogP contribution in [0, 0.1) is 27.3 Å². The summed E-state index contributed by atoms with van der Waals surface area (Å²) < 4.78 is 14.6. The average molecular weight is 332 g/mol. The van der Waals surface area contributed by atoms with Gasteiger partial charge in [-0.05, 0) is 17.1 Å². The number of nitrogens with zero attached hydrogens (tertiary/aromatic N) is 4. The third-order valence-electron chi connectivity index (χ3n) is 3.01. The monoisotopic (exact) mass is 332 g/mol. The first-order valence-electron chi connectivity index (χ1n) is 6.88. The number of aromatic nitrogens is 2. The maximum Gasteiger partial charge on any atom is 0.389 e. The summed E-state index contributed by atoms with van der Waals surface area (Å²) in [5.41, 5.74) is 0.252. The van der Waals surface area contributed by atoms with Crippen molar-refractivity contribution in [3.8, 4) is 6.07 Å². The van der Waals surface area contributed by atoms with E-state index in [1.807, 2.05) is 0 Å². The predicted octanol–water partition coefficient (Wildman–Crippen LogP) is 1.03. The number of anilines is 1. The van der Waals surface area contributed by atoms with Crippen molar-refractivity contribution in [2.75, 3.05) is 18.4 Å². The summed E-state index contributed by atoms with van der Waals surface area (Å²) in [4.78, 5) is 21.5. The number of carbonyl (C=O) groups is 1. The number of hydrogen-bond donors (Lipinski definition) is 2. The molecule has 0 aliphatic carbocycles. The van der Waals surface area contributed by atoms with Crippen molar-refractivity contribution in [3.05, 3.63) is 52.0 Å². The number of carbonyl (C=O) groups excluding carboxylic acids is 1. The first kappa shape index (κ1) is 16.9. The molecular formula is C14H13FN6O3. The van der Waals surface area contributed by atoms with Gasteiger partial charge in [-0.15, -0.1) is 0 Å². The Balaban J connectivity index is 1.78. The van der Waals surface area contributed by atoms with Crippen molar-refractivity contribution in [3.63, 3.8) is 0 Å². The fourth-order valence-electron chi connectivity index (χ4n) is 1.92. The van der Waals surface area contributed by atoms with Crippen LogP contribution in [0.2, 0.25) is 0 Å². The summed E-state index contributed by atoms with van der Waals surface area (Å²) in [5, 5.41) is 28.4. The highest BCUT2D eigenvalue weighted by molar-refractivity contribution is 5.75. The van der Waals surface area contributed by atoms with Gasteiger partial charge in [0.15, 0.2) is 0 Å². The molecule has 0 fully saturated rings. The lowest BCUT2D eigenvalue weighted by Crippen LogP contribution is -2.31. The van der Waals surface area contributed by atoms with Crippen LogP contribution in [0.4, 0.5) is 15.9 Å². The summed E-state index contributed by atoms with van der Waals surface area (Å²) >= 11 is 0. The van der Waals surface area contributed by atoms with Crippen LogP contribution in [-0.2, 0) is 11.3 Å². The molecule has 0 aliphatic rings. The van der Waals surface area contributed by atoms with Gasteiger partial charge in [-0.1, -0.05) is 6.07 Å². The van der Waals surface area contributed by atoms with E-state index in [2.05, 4.69) is 15.7 Å². The van der Waals surface area contributed by atoms with Gasteiger partial charge < -0.3 is 20.7 Å². The lowest BCUT2D eigenvalue weighted by atomic mass is 10.2. The number of nitriles is 1. The molecular weight excluding hydrogens is 319 g/mol. The summed E-state index contributed by atoms with van der Waals surface area (Å²) in [7, 11) is 0. The molecule has 0 saturated carbocycles. The van der Waals surface area contributed by atoms with Gasteiger partial charge in [0.1, 0.15) is 24.0 Å². The Kier molecular flexibility index (Phi) is 5.40. The number of rotatable bonds is 7. The number of hydrogen-bond acceptors (Lipinski definition) is 6. The van der Waals surface area contributed by atoms with Crippen LogP contribution in [0.5, 0.6) is 0 Å². The standard InChI is InChI=1S/C14H13FN6O3/c15-11-2-1-3-12(10(11)8-16)17-5-6-18-14(22)9-20-7-4-13(19-20)21(23)24/h1-4,7,17H,5-6,9H2,(H,18,22). The molecule has 2 rings (SSSR count). The van der Waals surface area contributed by atoms with Gasteiger partial charge >= 0.3 is 5.82 Å². The maximum absolute atomic E-state index is 13.4. The van der Waals surface area contributed by atoms with E-state index in [0.717, 1.165) is 4.68 Å². The van der Waals surface area contributed by atoms with Crippen LogP contribution in [0.25, 0.3) is 0 Å². The normalized spacial score (nSPS) is 10.0. The Morgan fingerprint density at radius 2 is 2.21 bits per heavy atom. The van der Waals surface area contributed by atoms with E-state index >= 15 is 0 Å². The van der Waals surface area contributed by atoms with E-state index in [1.165, 1.54) is 24.4 Å². The lowest BCUT2D eigenvalue weighted by Gasteiger charge is -2.09. The van der Waals surface area contributed by atoms with E-state index in [-0.39, 0.29) is 36.9 Å². The highest BCUT2D eigenvalue weighted by Gasteiger charge is 2.13. The minimum absolute atomic E-state index is 0.0901. The summed E-state index contributed by atoms with van der Waals surface area (Å²) in [6, 6.07) is 7.19. The maximum atomic E-state index is 13.4. The minimum Gasteiger partial charge on any atom is -0.382 e. The smallest absolute Gasteiger partial charge is 0.382 e. The zero-order valence-electron chi connectivity index (χ0n) is 12.4.